The van der Waals surface area contributed by atoms with Crippen molar-refractivity contribution < 1.29 is 13.2 Å². The third-order valence-corrected chi connectivity index (χ3v) is 3.76. The van der Waals surface area contributed by atoms with Gasteiger partial charge in [0.15, 0.2) is 5.11 Å². The van der Waals surface area contributed by atoms with Gasteiger partial charge in [-0.1, -0.05) is 12.1 Å². The Morgan fingerprint density at radius 2 is 1.95 bits per heavy atom. The van der Waals surface area contributed by atoms with Crippen molar-refractivity contribution in [1.29, 1.82) is 0 Å². The summed E-state index contributed by atoms with van der Waals surface area (Å²) in [4.78, 5) is 13.4. The molecule has 8 heteroatoms. The minimum atomic E-state index is -3.28. The van der Waals surface area contributed by atoms with Gasteiger partial charge in [0.2, 0.25) is 10.0 Å². The van der Waals surface area contributed by atoms with Crippen molar-refractivity contribution in [3.63, 3.8) is 0 Å². The topological polar surface area (TPSA) is 78.5 Å². The van der Waals surface area contributed by atoms with Crippen molar-refractivity contribution in [2.75, 3.05) is 11.0 Å². The largest absolute Gasteiger partial charge is 0.351 e. The zero-order valence-electron chi connectivity index (χ0n) is 11.1. The fraction of sp³-hybridized carbons (Fsp3) is 0.333. The van der Waals surface area contributed by atoms with Gasteiger partial charge in [0.25, 0.3) is 5.91 Å². The normalized spacial score (nSPS) is 19.1. The number of benzene rings is 1. The predicted octanol–water partition coefficient (Wildman–Crippen LogP) is 0.663. The monoisotopic (exact) mass is 313 g/mol. The fourth-order valence-corrected chi connectivity index (χ4v) is 2.78. The quantitative estimate of drug-likeness (QED) is 0.799. The van der Waals surface area contributed by atoms with E-state index in [0.717, 1.165) is 11.8 Å². The summed E-state index contributed by atoms with van der Waals surface area (Å²) in [5, 5.41) is 3.31. The van der Waals surface area contributed by atoms with E-state index in [1.165, 1.54) is 4.90 Å². The molecule has 1 fully saturated rings. The Morgan fingerprint density at radius 1 is 1.35 bits per heavy atom. The molecule has 1 aliphatic heterocycles. The first kappa shape index (κ1) is 14.7. The van der Waals surface area contributed by atoms with Gasteiger partial charge in [-0.2, -0.15) is 0 Å². The third kappa shape index (κ3) is 3.45. The summed E-state index contributed by atoms with van der Waals surface area (Å²) >= 11 is 5.09. The third-order valence-electron chi connectivity index (χ3n) is 2.82. The number of sulfonamides is 1. The summed E-state index contributed by atoms with van der Waals surface area (Å²) in [6.07, 6.45) is 1.09. The number of hydrogen-bond acceptors (Lipinski definition) is 4. The highest BCUT2D eigenvalue weighted by Gasteiger charge is 2.31. The van der Waals surface area contributed by atoms with Crippen molar-refractivity contribution in [3.8, 4) is 0 Å². The Kier molecular flexibility index (Phi) is 3.96. The molecule has 20 heavy (non-hydrogen) atoms. The first-order valence-corrected chi connectivity index (χ1v) is 8.25. The van der Waals surface area contributed by atoms with Crippen LogP contribution in [0.2, 0.25) is 0 Å². The molecule has 1 aromatic carbocycles. The van der Waals surface area contributed by atoms with Gasteiger partial charge < -0.3 is 5.32 Å². The van der Waals surface area contributed by atoms with Gasteiger partial charge in [-0.3, -0.25) is 14.4 Å². The van der Waals surface area contributed by atoms with Gasteiger partial charge in [0.05, 0.1) is 12.8 Å². The highest BCUT2D eigenvalue weighted by Crippen LogP contribution is 2.15. The minimum absolute atomic E-state index is 0.0617. The van der Waals surface area contributed by atoms with Gasteiger partial charge in [-0.15, -0.1) is 0 Å². The van der Waals surface area contributed by atoms with E-state index in [2.05, 4.69) is 10.0 Å². The van der Waals surface area contributed by atoms with E-state index in [0.29, 0.717) is 17.3 Å². The summed E-state index contributed by atoms with van der Waals surface area (Å²) in [7, 11) is -3.28. The van der Waals surface area contributed by atoms with Crippen LogP contribution in [-0.4, -0.2) is 36.6 Å². The molecular formula is C12H15N3O3S2. The number of thiocarbonyl (C=S) groups is 1. The number of rotatable bonds is 4. The lowest BCUT2D eigenvalue weighted by Crippen LogP contribution is -2.30. The Morgan fingerprint density at radius 3 is 2.40 bits per heavy atom. The van der Waals surface area contributed by atoms with Gasteiger partial charge in [0.1, 0.15) is 6.04 Å². The van der Waals surface area contributed by atoms with Crippen molar-refractivity contribution >= 4 is 38.9 Å². The molecule has 1 amide bonds. The van der Waals surface area contributed by atoms with E-state index in [1.807, 2.05) is 0 Å². The van der Waals surface area contributed by atoms with E-state index in [-0.39, 0.29) is 11.9 Å². The maximum atomic E-state index is 11.9. The van der Waals surface area contributed by atoms with Crippen LogP contribution in [0, 0.1) is 0 Å². The van der Waals surface area contributed by atoms with Crippen molar-refractivity contribution in [2.24, 2.45) is 0 Å². The Labute approximate surface area is 123 Å². The molecule has 1 aromatic rings. The Bertz CT molecular complexity index is 640. The van der Waals surface area contributed by atoms with Crippen LogP contribution in [0.15, 0.2) is 24.3 Å². The number of hydrogen-bond donors (Lipinski definition) is 2. The van der Waals surface area contributed by atoms with Crippen molar-refractivity contribution in [2.45, 2.75) is 19.5 Å². The second-order valence-electron chi connectivity index (χ2n) is 4.67. The van der Waals surface area contributed by atoms with E-state index >= 15 is 0 Å². The number of carbonyl (C=O) groups is 1. The molecule has 2 N–H and O–H groups in total. The maximum absolute atomic E-state index is 11.9. The zero-order chi connectivity index (χ0) is 14.9. The standard InChI is InChI=1S/C12H15N3O3S2/c1-8-11(16)15(12(19)13-8)7-9-3-5-10(6-4-9)14-20(2,17)18/h3-6,8,14H,7H2,1-2H3,(H,13,19)/t8-/m0/s1. The maximum Gasteiger partial charge on any atom is 0.251 e. The van der Waals surface area contributed by atoms with Crippen LogP contribution in [0.1, 0.15) is 12.5 Å². The summed E-state index contributed by atoms with van der Waals surface area (Å²) < 4.78 is 24.6. The first-order valence-electron chi connectivity index (χ1n) is 5.95. The second kappa shape index (κ2) is 5.37. The van der Waals surface area contributed by atoms with Crippen molar-refractivity contribution in [3.05, 3.63) is 29.8 Å². The molecule has 0 aliphatic carbocycles. The molecule has 0 saturated carbocycles. The molecule has 0 radical (unpaired) electrons. The van der Waals surface area contributed by atoms with Crippen LogP contribution < -0.4 is 10.0 Å². The lowest BCUT2D eigenvalue weighted by Gasteiger charge is -2.15. The average molecular weight is 313 g/mol. The zero-order valence-corrected chi connectivity index (χ0v) is 12.7. The highest BCUT2D eigenvalue weighted by molar-refractivity contribution is 7.92. The second-order valence-corrected chi connectivity index (χ2v) is 6.80. The summed E-state index contributed by atoms with van der Waals surface area (Å²) in [6, 6.07) is 6.51. The highest BCUT2D eigenvalue weighted by atomic mass is 32.2. The molecule has 2 rings (SSSR count). The lowest BCUT2D eigenvalue weighted by atomic mass is 10.2. The smallest absolute Gasteiger partial charge is 0.251 e. The molecule has 0 spiro atoms. The molecular weight excluding hydrogens is 298 g/mol. The number of carbonyl (C=O) groups excluding carboxylic acids is 1. The molecule has 1 saturated heterocycles. The van der Waals surface area contributed by atoms with Crippen LogP contribution in [0.3, 0.4) is 0 Å². The average Bonchev–Trinajstić information content (AvgIpc) is 2.56. The fourth-order valence-electron chi connectivity index (χ4n) is 1.88. The summed E-state index contributed by atoms with van der Waals surface area (Å²) in [5.74, 6) is -0.0617. The van der Waals surface area contributed by atoms with E-state index in [9.17, 15) is 13.2 Å². The number of nitrogens with one attached hydrogen (secondary N) is 2. The number of nitrogens with zero attached hydrogens (tertiary/aromatic N) is 1. The van der Waals surface area contributed by atoms with E-state index in [1.54, 1.807) is 31.2 Å². The number of anilines is 1. The SMILES string of the molecule is C[C@@H]1NC(=S)N(Cc2ccc(NS(C)(=O)=O)cc2)C1=O. The lowest BCUT2D eigenvalue weighted by molar-refractivity contribution is -0.127. The first-order chi connectivity index (χ1) is 9.26. The summed E-state index contributed by atoms with van der Waals surface area (Å²) in [6.45, 7) is 2.13. The minimum Gasteiger partial charge on any atom is -0.351 e. The van der Waals surface area contributed by atoms with Crippen LogP contribution in [0.25, 0.3) is 0 Å². The Balaban J connectivity index is 2.08. The van der Waals surface area contributed by atoms with E-state index < -0.39 is 10.0 Å². The van der Waals surface area contributed by atoms with Crippen molar-refractivity contribution in [1.82, 2.24) is 10.2 Å². The van der Waals surface area contributed by atoms with Gasteiger partial charge in [0, 0.05) is 5.69 Å². The molecule has 6 nitrogen and oxygen atoms in total. The van der Waals surface area contributed by atoms with Crippen LogP contribution >= 0.6 is 12.2 Å². The van der Waals surface area contributed by atoms with Gasteiger partial charge in [-0.05, 0) is 36.8 Å². The summed E-state index contributed by atoms with van der Waals surface area (Å²) in [5.41, 5.74) is 1.36. The van der Waals surface area contributed by atoms with Crippen LogP contribution in [-0.2, 0) is 21.4 Å². The van der Waals surface area contributed by atoms with Crippen LogP contribution in [0.5, 0.6) is 0 Å². The van der Waals surface area contributed by atoms with E-state index in [4.69, 9.17) is 12.2 Å². The molecule has 1 aliphatic rings. The van der Waals surface area contributed by atoms with Gasteiger partial charge in [-0.25, -0.2) is 8.42 Å². The molecule has 0 aromatic heterocycles. The molecule has 0 unspecified atom stereocenters. The Hall–Kier alpha value is -1.67. The van der Waals surface area contributed by atoms with Gasteiger partial charge >= 0.3 is 0 Å². The number of amides is 1. The van der Waals surface area contributed by atoms with Crippen LogP contribution in [0.4, 0.5) is 5.69 Å². The predicted molar refractivity (Wildman–Crippen MR) is 80.7 cm³/mol. The molecule has 1 atom stereocenters. The molecule has 0 bridgehead atoms. The molecule has 108 valence electrons. The molecule has 1 heterocycles.